The summed E-state index contributed by atoms with van der Waals surface area (Å²) in [5, 5.41) is 5.13. The molecule has 0 aliphatic carbocycles. The van der Waals surface area contributed by atoms with E-state index in [9.17, 15) is 26.7 Å². The summed E-state index contributed by atoms with van der Waals surface area (Å²) in [4.78, 5) is 10.9. The molecular weight excluding hydrogens is 277 g/mol. The molecule has 8 heteroatoms. The molecule has 0 aliphatic heterocycles. The maximum absolute atomic E-state index is 12.6. The van der Waals surface area contributed by atoms with E-state index in [1.54, 1.807) is 22.1 Å². The molecule has 18 heavy (non-hydrogen) atoms. The van der Waals surface area contributed by atoms with Gasteiger partial charge in [0.2, 0.25) is 0 Å². The number of carbonyl (C=O) groups excluding carboxylic acids is 1. The van der Waals surface area contributed by atoms with Crippen molar-refractivity contribution in [2.45, 2.75) is 31.5 Å². The molecule has 0 fully saturated rings. The fourth-order valence-electron chi connectivity index (χ4n) is 1.26. The number of hydrogen-bond donors (Lipinski definition) is 1. The number of thiophene rings is 1. The van der Waals surface area contributed by atoms with Gasteiger partial charge in [-0.25, -0.2) is 0 Å². The van der Waals surface area contributed by atoms with E-state index in [1.165, 1.54) is 18.3 Å². The Morgan fingerprint density at radius 1 is 1.39 bits per heavy atom. The van der Waals surface area contributed by atoms with E-state index in [4.69, 9.17) is 0 Å². The highest BCUT2D eigenvalue weighted by Gasteiger charge is 2.63. The van der Waals surface area contributed by atoms with Crippen LogP contribution in [0.4, 0.5) is 22.0 Å². The van der Waals surface area contributed by atoms with Gasteiger partial charge in [-0.05, 0) is 35.7 Å². The number of nitrogens with one attached hydrogen (secondary N) is 1. The second-order valence-electron chi connectivity index (χ2n) is 3.78. The molecule has 102 valence electrons. The normalized spacial score (nSPS) is 14.3. The summed E-state index contributed by atoms with van der Waals surface area (Å²) in [6.07, 6.45) is -5.68. The van der Waals surface area contributed by atoms with Crippen molar-refractivity contribution < 1.29 is 26.7 Å². The van der Waals surface area contributed by atoms with Gasteiger partial charge in [0, 0.05) is 6.04 Å². The van der Waals surface area contributed by atoms with E-state index in [1.807, 2.05) is 0 Å². The molecule has 0 saturated heterocycles. The van der Waals surface area contributed by atoms with E-state index in [0.717, 1.165) is 5.56 Å². The van der Waals surface area contributed by atoms with E-state index in [0.29, 0.717) is 0 Å². The van der Waals surface area contributed by atoms with Crippen LogP contribution in [0.25, 0.3) is 0 Å². The van der Waals surface area contributed by atoms with Gasteiger partial charge in [-0.2, -0.15) is 33.3 Å². The molecule has 1 N–H and O–H groups in total. The summed E-state index contributed by atoms with van der Waals surface area (Å²) in [7, 11) is 0. The largest absolute Gasteiger partial charge is 0.463 e. The van der Waals surface area contributed by atoms with Crippen LogP contribution in [0.1, 0.15) is 12.5 Å². The van der Waals surface area contributed by atoms with E-state index < -0.39 is 24.0 Å². The SMILES string of the molecule is CC(Cc1ccsc1)NC(=O)C(F)(F)C(F)(F)F. The Labute approximate surface area is 104 Å². The minimum absolute atomic E-state index is 0.198. The summed E-state index contributed by atoms with van der Waals surface area (Å²) >= 11 is 1.37. The number of amides is 1. The molecule has 1 atom stereocenters. The van der Waals surface area contributed by atoms with E-state index in [-0.39, 0.29) is 6.42 Å². The minimum Gasteiger partial charge on any atom is -0.348 e. The molecule has 1 heterocycles. The number of halogens is 5. The molecule has 2 nitrogen and oxygen atoms in total. The van der Waals surface area contributed by atoms with Gasteiger partial charge in [-0.15, -0.1) is 0 Å². The van der Waals surface area contributed by atoms with Crippen LogP contribution in [0.2, 0.25) is 0 Å². The smallest absolute Gasteiger partial charge is 0.348 e. The predicted octanol–water partition coefficient (Wildman–Crippen LogP) is 2.99. The molecule has 0 aliphatic rings. The van der Waals surface area contributed by atoms with Crippen molar-refractivity contribution in [1.82, 2.24) is 5.32 Å². The fraction of sp³-hybridized carbons (Fsp3) is 0.500. The average Bonchev–Trinajstić information content (AvgIpc) is 2.68. The molecule has 1 aromatic heterocycles. The van der Waals surface area contributed by atoms with Crippen LogP contribution < -0.4 is 5.32 Å². The highest BCUT2D eigenvalue weighted by Crippen LogP contribution is 2.35. The van der Waals surface area contributed by atoms with Gasteiger partial charge >= 0.3 is 18.0 Å². The van der Waals surface area contributed by atoms with Crippen LogP contribution in [0.3, 0.4) is 0 Å². The Bertz CT molecular complexity index is 401. The number of carbonyl (C=O) groups is 1. The third-order valence-electron chi connectivity index (χ3n) is 2.14. The van der Waals surface area contributed by atoms with Crippen molar-refractivity contribution in [3.63, 3.8) is 0 Å². The molecule has 0 aromatic carbocycles. The molecule has 0 bridgehead atoms. The van der Waals surface area contributed by atoms with Gasteiger partial charge in [-0.1, -0.05) is 0 Å². The van der Waals surface area contributed by atoms with Gasteiger partial charge in [0.15, 0.2) is 0 Å². The van der Waals surface area contributed by atoms with Crippen LogP contribution in [0.15, 0.2) is 16.8 Å². The third kappa shape index (κ3) is 3.41. The van der Waals surface area contributed by atoms with Crippen molar-refractivity contribution in [2.24, 2.45) is 0 Å². The van der Waals surface area contributed by atoms with Gasteiger partial charge in [0.05, 0.1) is 0 Å². The summed E-state index contributed by atoms with van der Waals surface area (Å²) in [6, 6.07) is 0.898. The number of rotatable bonds is 4. The molecular formula is C10H10F5NOS. The predicted molar refractivity (Wildman–Crippen MR) is 56.6 cm³/mol. The maximum Gasteiger partial charge on any atom is 0.463 e. The first kappa shape index (κ1) is 14.9. The first-order chi connectivity index (χ1) is 8.14. The molecule has 1 amide bonds. The lowest BCUT2D eigenvalue weighted by molar-refractivity contribution is -0.270. The summed E-state index contributed by atoms with van der Waals surface area (Å²) < 4.78 is 61.0. The van der Waals surface area contributed by atoms with E-state index >= 15 is 0 Å². The lowest BCUT2D eigenvalue weighted by atomic mass is 10.1. The molecule has 1 aromatic rings. The van der Waals surface area contributed by atoms with Gasteiger partial charge < -0.3 is 5.32 Å². The summed E-state index contributed by atoms with van der Waals surface area (Å²) in [6.45, 7) is 1.36. The Kier molecular flexibility index (Phi) is 4.31. The van der Waals surface area contributed by atoms with E-state index in [2.05, 4.69) is 0 Å². The van der Waals surface area contributed by atoms with Gasteiger partial charge in [0.25, 0.3) is 0 Å². The molecule has 0 radical (unpaired) electrons. The quantitative estimate of drug-likeness (QED) is 0.847. The zero-order chi connectivity index (χ0) is 14.0. The zero-order valence-electron chi connectivity index (χ0n) is 9.22. The topological polar surface area (TPSA) is 29.1 Å². The van der Waals surface area contributed by atoms with Crippen molar-refractivity contribution in [3.8, 4) is 0 Å². The molecule has 0 saturated carbocycles. The minimum atomic E-state index is -5.88. The molecule has 1 unspecified atom stereocenters. The Balaban J connectivity index is 2.59. The number of hydrogen-bond acceptors (Lipinski definition) is 2. The Morgan fingerprint density at radius 3 is 2.44 bits per heavy atom. The van der Waals surface area contributed by atoms with Crippen molar-refractivity contribution >= 4 is 17.2 Å². The second-order valence-corrected chi connectivity index (χ2v) is 4.56. The second kappa shape index (κ2) is 5.21. The fourth-order valence-corrected chi connectivity index (χ4v) is 1.94. The monoisotopic (exact) mass is 287 g/mol. The first-order valence-corrected chi connectivity index (χ1v) is 5.85. The standard InChI is InChI=1S/C10H10F5NOS/c1-6(4-7-2-3-18-5-7)16-8(17)9(11,12)10(13,14)15/h2-3,5-6H,4H2,1H3,(H,16,17). The van der Waals surface area contributed by atoms with Crippen LogP contribution in [0, 0.1) is 0 Å². The Morgan fingerprint density at radius 2 is 2.00 bits per heavy atom. The third-order valence-corrected chi connectivity index (χ3v) is 2.87. The van der Waals surface area contributed by atoms with Crippen LogP contribution in [0.5, 0.6) is 0 Å². The van der Waals surface area contributed by atoms with Gasteiger partial charge in [-0.3, -0.25) is 4.79 Å². The molecule has 0 spiro atoms. The lowest BCUT2D eigenvalue weighted by Crippen LogP contribution is -2.52. The van der Waals surface area contributed by atoms with Gasteiger partial charge in [0.1, 0.15) is 0 Å². The maximum atomic E-state index is 12.6. The average molecular weight is 287 g/mol. The van der Waals surface area contributed by atoms with Crippen molar-refractivity contribution in [1.29, 1.82) is 0 Å². The highest BCUT2D eigenvalue weighted by molar-refractivity contribution is 7.07. The van der Waals surface area contributed by atoms with Crippen molar-refractivity contribution in [3.05, 3.63) is 22.4 Å². The molecule has 1 rings (SSSR count). The summed E-state index contributed by atoms with van der Waals surface area (Å²) in [5.74, 6) is -7.69. The van der Waals surface area contributed by atoms with Crippen molar-refractivity contribution in [2.75, 3.05) is 0 Å². The first-order valence-electron chi connectivity index (χ1n) is 4.91. The van der Waals surface area contributed by atoms with Crippen LogP contribution in [-0.2, 0) is 11.2 Å². The van der Waals surface area contributed by atoms with Crippen LogP contribution in [-0.4, -0.2) is 24.0 Å². The van der Waals surface area contributed by atoms with Crippen LogP contribution >= 0.6 is 11.3 Å². The number of alkyl halides is 5. The summed E-state index contributed by atoms with van der Waals surface area (Å²) in [5.41, 5.74) is 0.767. The Hall–Kier alpha value is -1.18. The zero-order valence-corrected chi connectivity index (χ0v) is 10.0. The lowest BCUT2D eigenvalue weighted by Gasteiger charge is -2.21. The highest BCUT2D eigenvalue weighted by atomic mass is 32.1.